The molecule has 0 amide bonds. The van der Waals surface area contributed by atoms with Crippen LogP contribution in [0.5, 0.6) is 0 Å². The minimum absolute atomic E-state index is 0.0379. The van der Waals surface area contributed by atoms with Gasteiger partial charge in [0.15, 0.2) is 12.1 Å². The van der Waals surface area contributed by atoms with Crippen LogP contribution in [0, 0.1) is 0 Å². The molecule has 8 heteroatoms. The molecular formula is C38H64NO7+. The number of carboxylic acid groups (broad SMARTS) is 1. The zero-order valence-corrected chi connectivity index (χ0v) is 29.5. The molecule has 262 valence electrons. The number of carboxylic acids is 1. The van der Waals surface area contributed by atoms with E-state index in [1.165, 1.54) is 0 Å². The summed E-state index contributed by atoms with van der Waals surface area (Å²) in [7, 11) is 5.48. The molecule has 0 saturated heterocycles. The Balaban J connectivity index is 4.53. The first-order valence-electron chi connectivity index (χ1n) is 17.4. The average molecular weight is 647 g/mol. The van der Waals surface area contributed by atoms with Crippen LogP contribution >= 0.6 is 0 Å². The summed E-state index contributed by atoms with van der Waals surface area (Å²) in [4.78, 5) is 36.6. The summed E-state index contributed by atoms with van der Waals surface area (Å²) in [5.41, 5.74) is 0. The van der Waals surface area contributed by atoms with Crippen molar-refractivity contribution >= 4 is 17.9 Å². The van der Waals surface area contributed by atoms with Gasteiger partial charge in [0, 0.05) is 19.3 Å². The maximum absolute atomic E-state index is 12.5. The number of hydrogen-bond donors (Lipinski definition) is 1. The lowest BCUT2D eigenvalue weighted by molar-refractivity contribution is -0.887. The normalized spacial score (nSPS) is 13.8. The highest BCUT2D eigenvalue weighted by Crippen LogP contribution is 2.11. The molecule has 0 radical (unpaired) electrons. The van der Waals surface area contributed by atoms with E-state index in [0.717, 1.165) is 70.6 Å². The Bertz CT molecular complexity index is 943. The van der Waals surface area contributed by atoms with Crippen LogP contribution in [0.4, 0.5) is 0 Å². The van der Waals surface area contributed by atoms with Gasteiger partial charge >= 0.3 is 17.9 Å². The number of carbonyl (C=O) groups excluding carboxylic acids is 2. The Hall–Kier alpha value is -2.97. The summed E-state index contributed by atoms with van der Waals surface area (Å²) in [6.07, 6.45) is 32.8. The maximum Gasteiger partial charge on any atom is 0.362 e. The van der Waals surface area contributed by atoms with Crippen molar-refractivity contribution in [2.24, 2.45) is 0 Å². The van der Waals surface area contributed by atoms with Gasteiger partial charge in [0.25, 0.3) is 0 Å². The highest BCUT2D eigenvalue weighted by atomic mass is 16.6. The van der Waals surface area contributed by atoms with Crippen LogP contribution in [0.25, 0.3) is 0 Å². The van der Waals surface area contributed by atoms with Crippen molar-refractivity contribution in [1.82, 2.24) is 0 Å². The second-order valence-corrected chi connectivity index (χ2v) is 12.4. The molecule has 0 aromatic carbocycles. The molecule has 0 aliphatic rings. The molecule has 0 rings (SSSR count). The van der Waals surface area contributed by atoms with Crippen molar-refractivity contribution in [1.29, 1.82) is 0 Å². The van der Waals surface area contributed by atoms with Crippen LogP contribution in [0.1, 0.15) is 110 Å². The number of esters is 2. The van der Waals surface area contributed by atoms with E-state index in [-0.39, 0.29) is 42.7 Å². The van der Waals surface area contributed by atoms with Crippen molar-refractivity contribution < 1.29 is 38.2 Å². The minimum Gasteiger partial charge on any atom is -0.477 e. The number of nitrogens with zero attached hydrogens (tertiary/aromatic N) is 1. The topological polar surface area (TPSA) is 99.1 Å². The number of ether oxygens (including phenoxy) is 3. The Morgan fingerprint density at radius 1 is 0.674 bits per heavy atom. The first-order valence-corrected chi connectivity index (χ1v) is 17.4. The predicted octanol–water partition coefficient (Wildman–Crippen LogP) is 8.29. The van der Waals surface area contributed by atoms with Crippen molar-refractivity contribution in [3.8, 4) is 0 Å². The fraction of sp³-hybridized carbons (Fsp3) is 0.658. The van der Waals surface area contributed by atoms with Gasteiger partial charge in [0.1, 0.15) is 6.61 Å². The van der Waals surface area contributed by atoms with Gasteiger partial charge in [-0.2, -0.15) is 0 Å². The average Bonchev–Trinajstić information content (AvgIpc) is 3.00. The van der Waals surface area contributed by atoms with E-state index in [0.29, 0.717) is 19.3 Å². The highest BCUT2D eigenvalue weighted by Gasteiger charge is 2.31. The molecule has 0 aliphatic heterocycles. The van der Waals surface area contributed by atoms with Gasteiger partial charge < -0.3 is 23.8 Å². The number of hydrogen-bond acceptors (Lipinski definition) is 6. The molecule has 0 saturated carbocycles. The molecule has 0 fully saturated rings. The Morgan fingerprint density at radius 2 is 1.26 bits per heavy atom. The minimum atomic E-state index is -0.888. The fourth-order valence-corrected chi connectivity index (χ4v) is 4.54. The third-order valence-corrected chi connectivity index (χ3v) is 7.22. The lowest BCUT2D eigenvalue weighted by atomic mass is 10.1. The van der Waals surface area contributed by atoms with Crippen molar-refractivity contribution in [3.63, 3.8) is 0 Å². The van der Waals surface area contributed by atoms with Crippen molar-refractivity contribution in [2.75, 3.05) is 41.0 Å². The molecule has 2 unspecified atom stereocenters. The van der Waals surface area contributed by atoms with Crippen molar-refractivity contribution in [3.05, 3.63) is 60.8 Å². The smallest absolute Gasteiger partial charge is 0.362 e. The van der Waals surface area contributed by atoms with Crippen LogP contribution in [0.15, 0.2) is 60.8 Å². The molecule has 46 heavy (non-hydrogen) atoms. The first kappa shape index (κ1) is 43.0. The number of rotatable bonds is 29. The van der Waals surface area contributed by atoms with E-state index < -0.39 is 18.1 Å². The van der Waals surface area contributed by atoms with E-state index in [4.69, 9.17) is 14.2 Å². The third kappa shape index (κ3) is 27.3. The highest BCUT2D eigenvalue weighted by molar-refractivity contribution is 5.72. The lowest BCUT2D eigenvalue weighted by Gasteiger charge is -2.31. The van der Waals surface area contributed by atoms with E-state index in [9.17, 15) is 19.5 Å². The Labute approximate surface area is 279 Å². The zero-order chi connectivity index (χ0) is 34.3. The van der Waals surface area contributed by atoms with Crippen molar-refractivity contribution in [2.45, 2.75) is 122 Å². The van der Waals surface area contributed by atoms with Gasteiger partial charge in [0.05, 0.1) is 34.4 Å². The molecule has 1 N–H and O–H groups in total. The summed E-state index contributed by atoms with van der Waals surface area (Å²) in [5, 5.41) is 9.55. The third-order valence-electron chi connectivity index (χ3n) is 7.22. The molecule has 0 heterocycles. The Kier molecular flexibility index (Phi) is 27.5. The largest absolute Gasteiger partial charge is 0.477 e. The maximum atomic E-state index is 12.5. The molecule has 0 spiro atoms. The number of aliphatic carboxylic acids is 1. The number of quaternary nitrogens is 1. The zero-order valence-electron chi connectivity index (χ0n) is 29.5. The van der Waals surface area contributed by atoms with Gasteiger partial charge in [-0.25, -0.2) is 4.79 Å². The molecular weight excluding hydrogens is 582 g/mol. The standard InChI is InChI=1S/C38H63NO7/c1-6-8-10-12-14-16-17-18-19-21-22-24-26-28-36(40)45-33-34(32-44-31-30-35(38(42)43)39(3,4)5)46-37(41)29-27-25-23-20-15-13-11-9-7-2/h8-12,14-17,20,34-35H,6-7,13,18-19,21-33H2,1-5H3/p+1/b10-8+,11-9+,14-12+,17-16+,20-15+. The number of unbranched alkanes of at least 4 members (excludes halogenated alkanes) is 7. The lowest BCUT2D eigenvalue weighted by Crippen LogP contribution is -2.50. The van der Waals surface area contributed by atoms with Gasteiger partial charge in [0.2, 0.25) is 0 Å². The van der Waals surface area contributed by atoms with Crippen LogP contribution in [-0.2, 0) is 28.6 Å². The number of likely N-dealkylation sites (N-methyl/N-ethyl adjacent to an activating group) is 1. The molecule has 0 aliphatic carbocycles. The second-order valence-electron chi connectivity index (χ2n) is 12.4. The second kappa shape index (κ2) is 29.4. The first-order chi connectivity index (χ1) is 22.1. The van der Waals surface area contributed by atoms with E-state index >= 15 is 0 Å². The van der Waals surface area contributed by atoms with Crippen LogP contribution in [0.2, 0.25) is 0 Å². The number of carbonyl (C=O) groups is 3. The molecule has 0 aromatic rings. The number of allylic oxidation sites excluding steroid dienone is 10. The summed E-state index contributed by atoms with van der Waals surface area (Å²) < 4.78 is 17.1. The van der Waals surface area contributed by atoms with Crippen LogP contribution in [-0.4, -0.2) is 80.6 Å². The Morgan fingerprint density at radius 3 is 1.96 bits per heavy atom. The van der Waals surface area contributed by atoms with Gasteiger partial charge in [-0.3, -0.25) is 9.59 Å². The molecule has 8 nitrogen and oxygen atoms in total. The monoisotopic (exact) mass is 646 g/mol. The molecule has 0 bridgehead atoms. The van der Waals surface area contributed by atoms with Gasteiger partial charge in [-0.05, 0) is 57.8 Å². The van der Waals surface area contributed by atoms with E-state index in [2.05, 4.69) is 62.5 Å². The van der Waals surface area contributed by atoms with E-state index in [1.807, 2.05) is 33.3 Å². The molecule has 2 atom stereocenters. The quantitative estimate of drug-likeness (QED) is 0.0287. The summed E-state index contributed by atoms with van der Waals surface area (Å²) in [5.74, 6) is -1.56. The van der Waals surface area contributed by atoms with Crippen LogP contribution in [0.3, 0.4) is 0 Å². The molecule has 0 aromatic heterocycles. The SMILES string of the molecule is CC/C=C/C=C/C=C/CCCCCCCC(=O)OCC(COCCC(C(=O)O)[N+](C)(C)C)OC(=O)CCCC/C=C/C/C=C/CC. The summed E-state index contributed by atoms with van der Waals surface area (Å²) in [6, 6.07) is -0.623. The summed E-state index contributed by atoms with van der Waals surface area (Å²) >= 11 is 0. The van der Waals surface area contributed by atoms with Crippen LogP contribution < -0.4 is 0 Å². The van der Waals surface area contributed by atoms with Gasteiger partial charge in [-0.1, -0.05) is 93.9 Å². The predicted molar refractivity (Wildman–Crippen MR) is 187 cm³/mol. The van der Waals surface area contributed by atoms with E-state index in [1.54, 1.807) is 0 Å². The summed E-state index contributed by atoms with van der Waals surface area (Å²) in [6.45, 7) is 4.37. The van der Waals surface area contributed by atoms with Gasteiger partial charge in [-0.15, -0.1) is 0 Å². The fourth-order valence-electron chi connectivity index (χ4n) is 4.54.